The van der Waals surface area contributed by atoms with Gasteiger partial charge in [-0.1, -0.05) is 0 Å². The molecule has 0 N–H and O–H groups in total. The minimum Gasteiger partial charge on any atom is -1.00 e. The van der Waals surface area contributed by atoms with E-state index in [-0.39, 0.29) is 41.1 Å². The van der Waals surface area contributed by atoms with Gasteiger partial charge in [-0.25, -0.2) is 0 Å². The first-order valence-electron chi connectivity index (χ1n) is 16.8. The summed E-state index contributed by atoms with van der Waals surface area (Å²) in [4.78, 5) is 0. The molecule has 234 valence electrons. The minimum absolute atomic E-state index is 0. The first-order chi connectivity index (χ1) is 19.8. The molecule has 0 unspecified atom stereocenters. The fourth-order valence-corrected chi connectivity index (χ4v) is 17.0. The van der Waals surface area contributed by atoms with Gasteiger partial charge < -0.3 is 24.8 Å². The molecule has 0 fully saturated rings. The van der Waals surface area contributed by atoms with Crippen LogP contribution in [0.3, 0.4) is 0 Å². The number of hydrogen-bond acceptors (Lipinski definition) is 0. The van der Waals surface area contributed by atoms with Crippen molar-refractivity contribution in [1.82, 2.24) is 0 Å². The largest absolute Gasteiger partial charge is 1.00 e. The number of rotatable bonds is 8. The van der Waals surface area contributed by atoms with Gasteiger partial charge in [-0.05, 0) is 0 Å². The van der Waals surface area contributed by atoms with Crippen molar-refractivity contribution in [2.45, 2.75) is 125 Å². The Balaban J connectivity index is 0.00000221. The molecule has 2 aromatic carbocycles. The second kappa shape index (κ2) is 13.1. The van der Waals surface area contributed by atoms with Gasteiger partial charge in [0.15, 0.2) is 0 Å². The van der Waals surface area contributed by atoms with Crippen molar-refractivity contribution in [3.63, 3.8) is 0 Å². The standard InChI is InChI=1S/C23H21.C9H13.C9H18.2ClH.Zr/c1-22(2)7-5-14-10-18-16(12-20(14)22)9-17-13-21-15(11-19(17)18)6-8-23(21,3)4;1-9(2,3)8-6-4-5-7-8;1-3-5-7-9-8-6-4-2;;;/h5-7,10-13H,9H2,1-4H3;6-7H,4H2,1-3H3;3-8H2,1-2H3;2*1H;/q;;;;;+2/p-2. The summed E-state index contributed by atoms with van der Waals surface area (Å²) >= 11 is -2.28. The Morgan fingerprint density at radius 3 is 1.95 bits per heavy atom. The van der Waals surface area contributed by atoms with Crippen molar-refractivity contribution in [3.8, 4) is 11.1 Å². The summed E-state index contributed by atoms with van der Waals surface area (Å²) < 4.78 is 5.64. The molecule has 0 aliphatic heterocycles. The molecule has 0 heterocycles. The molecule has 0 spiro atoms. The Morgan fingerprint density at radius 2 is 1.39 bits per heavy atom. The molecule has 6 rings (SSSR count). The zero-order valence-electron chi connectivity index (χ0n) is 28.6. The zero-order valence-corrected chi connectivity index (χ0v) is 32.6. The average molecular weight is 707 g/mol. The van der Waals surface area contributed by atoms with Crippen molar-refractivity contribution in [1.29, 1.82) is 0 Å². The molecule has 0 amide bonds. The fraction of sp³-hybridized carbons (Fsp3) is 0.488. The molecule has 4 aliphatic rings. The Bertz CT molecular complexity index is 1600. The van der Waals surface area contributed by atoms with Gasteiger partial charge in [0.05, 0.1) is 0 Å². The molecule has 4 aliphatic carbocycles. The molecule has 0 radical (unpaired) electrons. The second-order valence-corrected chi connectivity index (χ2v) is 22.1. The molecule has 44 heavy (non-hydrogen) atoms. The Hall–Kier alpha value is -1.27. The normalized spacial score (nSPS) is 17.7. The molecule has 0 bridgehead atoms. The van der Waals surface area contributed by atoms with Gasteiger partial charge in [0.1, 0.15) is 0 Å². The van der Waals surface area contributed by atoms with Crippen molar-refractivity contribution in [3.05, 3.63) is 88.0 Å². The first-order valence-corrected chi connectivity index (χ1v) is 20.4. The molecule has 0 atom stereocenters. The maximum atomic E-state index is 2.71. The molecule has 0 nitrogen and oxygen atoms in total. The SMILES string of the molecule is CCCC[C](CCCC)=[Zr+2]([C]1=CC(C(C)(C)C)=CC1)[C]1=Cc2cc3c(cc2C1(C)C)Cc1cc2c(cc1-3)C=CC2(C)C.[Cl-].[Cl-]. The summed E-state index contributed by atoms with van der Waals surface area (Å²) in [5.41, 5.74) is 14.1. The Morgan fingerprint density at radius 1 is 0.795 bits per heavy atom. The van der Waals surface area contributed by atoms with Crippen molar-refractivity contribution in [2.75, 3.05) is 0 Å². The maximum absolute atomic E-state index is 2.71. The van der Waals surface area contributed by atoms with E-state index in [2.05, 4.69) is 117 Å². The molecule has 3 heteroatoms. The van der Waals surface area contributed by atoms with Crippen molar-refractivity contribution >= 4 is 15.4 Å². The molecular weight excluding hydrogens is 655 g/mol. The van der Waals surface area contributed by atoms with Crippen LogP contribution in [0.5, 0.6) is 0 Å². The van der Waals surface area contributed by atoms with Crippen LogP contribution >= 0.6 is 0 Å². The van der Waals surface area contributed by atoms with Crippen LogP contribution in [0.25, 0.3) is 23.3 Å². The van der Waals surface area contributed by atoms with E-state index in [9.17, 15) is 0 Å². The zero-order chi connectivity index (χ0) is 30.0. The quantitative estimate of drug-likeness (QED) is 0.285. The third-order valence-corrected chi connectivity index (χ3v) is 19.2. The number of halogens is 2. The number of benzene rings is 2. The van der Waals surface area contributed by atoms with Crippen molar-refractivity contribution < 1.29 is 46.1 Å². The fourth-order valence-electron chi connectivity index (χ4n) is 7.90. The van der Waals surface area contributed by atoms with Crippen LogP contribution in [0.15, 0.2) is 54.6 Å². The first kappa shape index (κ1) is 35.6. The van der Waals surface area contributed by atoms with Crippen LogP contribution in [-0.2, 0) is 38.5 Å². The van der Waals surface area contributed by atoms with E-state index in [1.54, 1.807) is 16.7 Å². The monoisotopic (exact) mass is 704 g/mol. The predicted octanol–water partition coefficient (Wildman–Crippen LogP) is 5.63. The van der Waals surface area contributed by atoms with E-state index in [0.29, 0.717) is 0 Å². The summed E-state index contributed by atoms with van der Waals surface area (Å²) in [6.45, 7) is 21.7. The number of fused-ring (bicyclic) bond motifs is 5. The topological polar surface area (TPSA) is 0 Å². The summed E-state index contributed by atoms with van der Waals surface area (Å²) in [5, 5.41) is 0. The molecule has 0 saturated carbocycles. The molecule has 0 aromatic heterocycles. The van der Waals surface area contributed by atoms with Gasteiger partial charge in [0, 0.05) is 0 Å². The summed E-state index contributed by atoms with van der Waals surface area (Å²) in [6, 6.07) is 10.2. The number of hydrogen-bond donors (Lipinski definition) is 0. The van der Waals surface area contributed by atoms with E-state index in [1.165, 1.54) is 78.3 Å². The molecule has 2 aromatic rings. The van der Waals surface area contributed by atoms with Crippen molar-refractivity contribution in [2.24, 2.45) is 5.41 Å². The van der Waals surface area contributed by atoms with Gasteiger partial charge >= 0.3 is 266 Å². The Labute approximate surface area is 288 Å². The van der Waals surface area contributed by atoms with E-state index < -0.39 is 21.3 Å². The maximum Gasteiger partial charge on any atom is -1.00 e. The Kier molecular flexibility index (Phi) is 10.6. The summed E-state index contributed by atoms with van der Waals surface area (Å²) in [7, 11) is 0. The van der Waals surface area contributed by atoms with E-state index in [4.69, 9.17) is 0 Å². The van der Waals surface area contributed by atoms with Crippen LogP contribution < -0.4 is 24.8 Å². The van der Waals surface area contributed by atoms with Crippen LogP contribution in [0.1, 0.15) is 141 Å². The smallest absolute Gasteiger partial charge is 1.00 e. The summed E-state index contributed by atoms with van der Waals surface area (Å²) in [5.74, 6) is 0. The minimum atomic E-state index is -2.28. The number of unbranched alkanes of at least 4 members (excludes halogenated alkanes) is 2. The second-order valence-electron chi connectivity index (χ2n) is 15.6. The van der Waals surface area contributed by atoms with Gasteiger partial charge in [0.25, 0.3) is 0 Å². The van der Waals surface area contributed by atoms with Gasteiger partial charge in [-0.15, -0.1) is 0 Å². The van der Waals surface area contributed by atoms with E-state index in [0.717, 1.165) is 6.42 Å². The average Bonchev–Trinajstić information content (AvgIpc) is 3.67. The third-order valence-electron chi connectivity index (χ3n) is 10.6. The number of allylic oxidation sites excluding steroid dienone is 6. The van der Waals surface area contributed by atoms with Gasteiger partial charge in [-0.2, -0.15) is 0 Å². The third kappa shape index (κ3) is 6.21. The molecule has 0 saturated heterocycles. The molecular formula is C41H52Cl2Zr. The van der Waals surface area contributed by atoms with Crippen LogP contribution in [0.2, 0.25) is 0 Å². The van der Waals surface area contributed by atoms with E-state index >= 15 is 0 Å². The van der Waals surface area contributed by atoms with Gasteiger partial charge in [0.2, 0.25) is 0 Å². The predicted molar refractivity (Wildman–Crippen MR) is 182 cm³/mol. The van der Waals surface area contributed by atoms with E-state index in [1.807, 2.05) is 9.77 Å². The summed E-state index contributed by atoms with van der Waals surface area (Å²) in [6.07, 6.45) is 22.9. The van der Waals surface area contributed by atoms with Crippen LogP contribution in [-0.4, -0.2) is 3.21 Å². The van der Waals surface area contributed by atoms with Crippen LogP contribution in [0.4, 0.5) is 0 Å². The van der Waals surface area contributed by atoms with Gasteiger partial charge in [-0.3, -0.25) is 0 Å². The van der Waals surface area contributed by atoms with Crippen LogP contribution in [0, 0.1) is 5.41 Å².